The van der Waals surface area contributed by atoms with Crippen molar-refractivity contribution in [3.63, 3.8) is 0 Å². The van der Waals surface area contributed by atoms with Crippen LogP contribution in [-0.2, 0) is 17.9 Å². The third-order valence-electron chi connectivity index (χ3n) is 2.89. The van der Waals surface area contributed by atoms with Crippen LogP contribution >= 0.6 is 11.6 Å². The molecule has 2 rings (SSSR count). The Kier molecular flexibility index (Phi) is 5.36. The highest BCUT2D eigenvalue weighted by Gasteiger charge is 2.08. The molecule has 0 saturated carbocycles. The molecular weight excluding hydrogens is 288 g/mol. The number of carbonyl (C=O) groups is 1. The van der Waals surface area contributed by atoms with Crippen molar-refractivity contribution >= 4 is 23.2 Å². The lowest BCUT2D eigenvalue weighted by atomic mass is 10.3. The molecule has 0 aliphatic heterocycles. The first-order valence-electron chi connectivity index (χ1n) is 6.83. The fourth-order valence-electron chi connectivity index (χ4n) is 1.87. The average Bonchev–Trinajstić information content (AvgIpc) is 2.83. The van der Waals surface area contributed by atoms with E-state index in [4.69, 9.17) is 11.6 Å². The number of amides is 1. The predicted octanol–water partition coefficient (Wildman–Crippen LogP) is 2.67. The molecule has 21 heavy (non-hydrogen) atoms. The monoisotopic (exact) mass is 306 g/mol. The highest BCUT2D eigenvalue weighted by atomic mass is 35.5. The summed E-state index contributed by atoms with van der Waals surface area (Å²) >= 11 is 5.89. The van der Waals surface area contributed by atoms with Crippen LogP contribution in [0.5, 0.6) is 0 Å². The first-order chi connectivity index (χ1) is 10.0. The van der Waals surface area contributed by atoms with Crippen LogP contribution in [0.2, 0.25) is 5.02 Å². The molecule has 0 atom stereocenters. The number of carbonyl (C=O) groups excluding carboxylic acids is 1. The Bertz CT molecular complexity index is 609. The number of benzene rings is 1. The maximum Gasteiger partial charge on any atom is 0.244 e. The molecule has 112 valence electrons. The lowest BCUT2D eigenvalue weighted by Gasteiger charge is -2.11. The molecule has 0 aliphatic carbocycles. The maximum atomic E-state index is 12.1. The number of aromatic nitrogens is 2. The number of halogens is 1. The Morgan fingerprint density at radius 3 is 2.95 bits per heavy atom. The van der Waals surface area contributed by atoms with Gasteiger partial charge in [-0.3, -0.25) is 4.79 Å². The second-order valence-corrected chi connectivity index (χ2v) is 5.50. The van der Waals surface area contributed by atoms with E-state index in [-0.39, 0.29) is 12.5 Å². The molecule has 6 heteroatoms. The van der Waals surface area contributed by atoms with Crippen molar-refractivity contribution in [3.05, 3.63) is 47.5 Å². The highest BCUT2D eigenvalue weighted by molar-refractivity contribution is 6.30. The minimum absolute atomic E-state index is 0.110. The lowest BCUT2D eigenvalue weighted by Crippen LogP contribution is -2.26. The molecule has 0 bridgehead atoms. The number of nitrogens with zero attached hydrogens (tertiary/aromatic N) is 2. The van der Waals surface area contributed by atoms with Gasteiger partial charge in [-0.2, -0.15) is 0 Å². The van der Waals surface area contributed by atoms with Crippen molar-refractivity contribution in [1.82, 2.24) is 14.9 Å². The van der Waals surface area contributed by atoms with Crippen LogP contribution in [0, 0.1) is 0 Å². The molecule has 2 aromatic rings. The summed E-state index contributed by atoms with van der Waals surface area (Å²) in [6.45, 7) is 5.00. The topological polar surface area (TPSA) is 59.0 Å². The fraction of sp³-hybridized carbons (Fsp3) is 0.333. The van der Waals surface area contributed by atoms with Crippen LogP contribution in [0.3, 0.4) is 0 Å². The van der Waals surface area contributed by atoms with Gasteiger partial charge in [0.05, 0.1) is 6.54 Å². The summed E-state index contributed by atoms with van der Waals surface area (Å²) in [4.78, 5) is 16.3. The smallest absolute Gasteiger partial charge is 0.244 e. The van der Waals surface area contributed by atoms with E-state index in [1.54, 1.807) is 36.7 Å². The minimum atomic E-state index is -0.110. The van der Waals surface area contributed by atoms with Gasteiger partial charge >= 0.3 is 0 Å². The molecule has 1 aromatic heterocycles. The molecule has 0 radical (unpaired) electrons. The van der Waals surface area contributed by atoms with Gasteiger partial charge in [0.2, 0.25) is 5.91 Å². The summed E-state index contributed by atoms with van der Waals surface area (Å²) in [5.41, 5.74) is 0.689. The van der Waals surface area contributed by atoms with E-state index in [9.17, 15) is 4.79 Å². The van der Waals surface area contributed by atoms with Gasteiger partial charge in [0, 0.05) is 29.1 Å². The van der Waals surface area contributed by atoms with Crippen LogP contribution in [-0.4, -0.2) is 21.5 Å². The average molecular weight is 307 g/mol. The summed E-state index contributed by atoms with van der Waals surface area (Å²) in [6.07, 6.45) is 3.50. The minimum Gasteiger partial charge on any atom is -0.324 e. The number of nitrogens with one attached hydrogen (secondary N) is 2. The Morgan fingerprint density at radius 1 is 1.43 bits per heavy atom. The number of imidazole rings is 1. The maximum absolute atomic E-state index is 12.1. The lowest BCUT2D eigenvalue weighted by molar-refractivity contribution is -0.116. The van der Waals surface area contributed by atoms with Gasteiger partial charge in [0.15, 0.2) is 0 Å². The van der Waals surface area contributed by atoms with Crippen molar-refractivity contribution in [2.45, 2.75) is 33.0 Å². The van der Waals surface area contributed by atoms with Crippen molar-refractivity contribution < 1.29 is 4.79 Å². The van der Waals surface area contributed by atoms with Gasteiger partial charge in [-0.1, -0.05) is 31.5 Å². The number of hydrogen-bond acceptors (Lipinski definition) is 3. The quantitative estimate of drug-likeness (QED) is 0.862. The molecule has 0 spiro atoms. The second-order valence-electron chi connectivity index (χ2n) is 5.07. The number of hydrogen-bond donors (Lipinski definition) is 2. The molecule has 0 unspecified atom stereocenters. The molecule has 1 amide bonds. The van der Waals surface area contributed by atoms with Crippen LogP contribution < -0.4 is 10.6 Å². The molecule has 2 N–H and O–H groups in total. The number of rotatable bonds is 6. The van der Waals surface area contributed by atoms with Crippen LogP contribution in [0.4, 0.5) is 5.69 Å². The van der Waals surface area contributed by atoms with Gasteiger partial charge in [0.25, 0.3) is 0 Å². The first kappa shape index (κ1) is 15.5. The molecule has 5 nitrogen and oxygen atoms in total. The summed E-state index contributed by atoms with van der Waals surface area (Å²) < 4.78 is 1.83. The summed E-state index contributed by atoms with van der Waals surface area (Å²) in [6, 6.07) is 7.46. The zero-order chi connectivity index (χ0) is 15.2. The van der Waals surface area contributed by atoms with Gasteiger partial charge in [-0.25, -0.2) is 4.98 Å². The molecule has 0 aliphatic rings. The Morgan fingerprint density at radius 2 is 2.24 bits per heavy atom. The van der Waals surface area contributed by atoms with Crippen molar-refractivity contribution in [2.75, 3.05) is 5.32 Å². The van der Waals surface area contributed by atoms with Crippen molar-refractivity contribution in [2.24, 2.45) is 0 Å². The predicted molar refractivity (Wildman–Crippen MR) is 84.3 cm³/mol. The zero-order valence-corrected chi connectivity index (χ0v) is 12.9. The van der Waals surface area contributed by atoms with E-state index in [0.29, 0.717) is 23.3 Å². The first-order valence-corrected chi connectivity index (χ1v) is 7.21. The highest BCUT2D eigenvalue weighted by Crippen LogP contribution is 2.14. The summed E-state index contributed by atoms with van der Waals surface area (Å²) in [5, 5.41) is 6.70. The Balaban J connectivity index is 1.95. The zero-order valence-electron chi connectivity index (χ0n) is 12.1. The standard InChI is InChI=1S/C15H19ClN4O/c1-11(2)18-9-14-17-6-7-20(14)10-15(21)19-13-5-3-4-12(16)8-13/h3-8,11,18H,9-10H2,1-2H3,(H,19,21). The van der Waals surface area contributed by atoms with E-state index in [1.165, 1.54) is 0 Å². The molecular formula is C15H19ClN4O. The molecule has 0 saturated heterocycles. The van der Waals surface area contributed by atoms with Gasteiger partial charge in [-0.05, 0) is 18.2 Å². The van der Waals surface area contributed by atoms with Crippen molar-refractivity contribution in [1.29, 1.82) is 0 Å². The fourth-order valence-corrected chi connectivity index (χ4v) is 2.06. The Labute approximate surface area is 129 Å². The van der Waals surface area contributed by atoms with E-state index in [1.807, 2.05) is 4.57 Å². The molecule has 0 fully saturated rings. The van der Waals surface area contributed by atoms with Crippen molar-refractivity contribution in [3.8, 4) is 0 Å². The summed E-state index contributed by atoms with van der Waals surface area (Å²) in [5.74, 6) is 0.728. The van der Waals surface area contributed by atoms with Crippen LogP contribution in [0.25, 0.3) is 0 Å². The van der Waals surface area contributed by atoms with E-state index < -0.39 is 0 Å². The van der Waals surface area contributed by atoms with E-state index in [2.05, 4.69) is 29.5 Å². The number of anilines is 1. The summed E-state index contributed by atoms with van der Waals surface area (Å²) in [7, 11) is 0. The molecule has 1 aromatic carbocycles. The third kappa shape index (κ3) is 4.88. The van der Waals surface area contributed by atoms with Crippen LogP contribution in [0.15, 0.2) is 36.7 Å². The second kappa shape index (κ2) is 7.24. The van der Waals surface area contributed by atoms with E-state index >= 15 is 0 Å². The SMILES string of the molecule is CC(C)NCc1nccn1CC(=O)Nc1cccc(Cl)c1. The van der Waals surface area contributed by atoms with E-state index in [0.717, 1.165) is 5.82 Å². The third-order valence-corrected chi connectivity index (χ3v) is 3.13. The van der Waals surface area contributed by atoms with Crippen LogP contribution in [0.1, 0.15) is 19.7 Å². The Hall–Kier alpha value is -1.85. The largest absolute Gasteiger partial charge is 0.324 e. The normalized spacial score (nSPS) is 10.9. The molecule has 1 heterocycles. The van der Waals surface area contributed by atoms with Gasteiger partial charge in [0.1, 0.15) is 12.4 Å². The van der Waals surface area contributed by atoms with Gasteiger partial charge < -0.3 is 15.2 Å². The van der Waals surface area contributed by atoms with Gasteiger partial charge in [-0.15, -0.1) is 0 Å².